The Bertz CT molecular complexity index is 1010. The van der Waals surface area contributed by atoms with Crippen molar-refractivity contribution in [1.29, 1.82) is 0 Å². The van der Waals surface area contributed by atoms with Crippen molar-refractivity contribution in [2.24, 2.45) is 0 Å². The molecule has 0 heterocycles. The Balaban J connectivity index is 2.10. The highest BCUT2D eigenvalue weighted by Gasteiger charge is 2.36. The van der Waals surface area contributed by atoms with Crippen molar-refractivity contribution in [1.82, 2.24) is 0 Å². The van der Waals surface area contributed by atoms with Crippen LogP contribution in [-0.4, -0.2) is 25.0 Å². The molecule has 0 amide bonds. The number of carbonyl (C=O) groups excluding carboxylic acids is 2. The van der Waals surface area contributed by atoms with Crippen molar-refractivity contribution < 1.29 is 27.5 Å². The predicted molar refractivity (Wildman–Crippen MR) is 105 cm³/mol. The smallest absolute Gasteiger partial charge is 0.417 e. The number of esters is 1. The first-order chi connectivity index (χ1) is 13.6. The molecule has 3 nitrogen and oxygen atoms in total. The highest BCUT2D eigenvalue weighted by molar-refractivity contribution is 6.35. The standard InChI is InChI=1S/C21H15Cl2F3O3/c1-29-20(28)17-6-5-16(14-3-2-4-15(14)17)19(27)10-18(21(24,25)26)11-7-12(22)9-13(23)8-11/h5-10H,2-4H2,1H3/b18-10-. The van der Waals surface area contributed by atoms with Gasteiger partial charge in [0.2, 0.25) is 0 Å². The minimum atomic E-state index is -4.79. The fourth-order valence-corrected chi connectivity index (χ4v) is 4.01. The van der Waals surface area contributed by atoms with Crippen molar-refractivity contribution in [2.75, 3.05) is 7.11 Å². The number of rotatable bonds is 4. The summed E-state index contributed by atoms with van der Waals surface area (Å²) in [6.45, 7) is 0. The normalized spacial score (nSPS) is 13.9. The second-order valence-electron chi connectivity index (χ2n) is 6.54. The number of carbonyl (C=O) groups is 2. The number of ketones is 1. The molecule has 2 aromatic rings. The molecule has 0 saturated heterocycles. The Morgan fingerprint density at radius 1 is 1.00 bits per heavy atom. The van der Waals surface area contributed by atoms with Gasteiger partial charge in [0.25, 0.3) is 0 Å². The molecule has 0 unspecified atom stereocenters. The summed E-state index contributed by atoms with van der Waals surface area (Å²) >= 11 is 11.7. The maximum absolute atomic E-state index is 13.7. The van der Waals surface area contributed by atoms with Crippen LogP contribution in [-0.2, 0) is 17.6 Å². The van der Waals surface area contributed by atoms with Gasteiger partial charge in [-0.3, -0.25) is 4.79 Å². The molecule has 8 heteroatoms. The molecule has 0 bridgehead atoms. The predicted octanol–water partition coefficient (Wildman–Crippen LogP) is 6.10. The molecule has 1 aliphatic carbocycles. The summed E-state index contributed by atoms with van der Waals surface area (Å²) < 4.78 is 45.7. The van der Waals surface area contributed by atoms with E-state index in [4.69, 9.17) is 27.9 Å². The van der Waals surface area contributed by atoms with Crippen LogP contribution in [0.25, 0.3) is 5.57 Å². The number of hydrogen-bond donors (Lipinski definition) is 0. The van der Waals surface area contributed by atoms with Crippen molar-refractivity contribution in [3.05, 3.63) is 74.3 Å². The first kappa shape index (κ1) is 21.4. The number of benzene rings is 2. The number of halogens is 5. The number of hydrogen-bond acceptors (Lipinski definition) is 3. The zero-order chi connectivity index (χ0) is 21.3. The molecule has 0 aromatic heterocycles. The van der Waals surface area contributed by atoms with Crippen LogP contribution in [0.15, 0.2) is 36.4 Å². The van der Waals surface area contributed by atoms with Gasteiger partial charge in [0, 0.05) is 15.6 Å². The third-order valence-electron chi connectivity index (χ3n) is 4.71. The maximum Gasteiger partial charge on any atom is 0.417 e. The van der Waals surface area contributed by atoms with E-state index in [-0.39, 0.29) is 21.2 Å². The van der Waals surface area contributed by atoms with E-state index in [9.17, 15) is 22.8 Å². The van der Waals surface area contributed by atoms with Crippen LogP contribution in [0.2, 0.25) is 10.0 Å². The Morgan fingerprint density at radius 3 is 2.10 bits per heavy atom. The van der Waals surface area contributed by atoms with Crippen LogP contribution in [0, 0.1) is 0 Å². The SMILES string of the molecule is COC(=O)c1ccc(C(=O)/C=C(/c2cc(Cl)cc(Cl)c2)C(F)(F)F)c2c1CCC2. The molecule has 152 valence electrons. The Hall–Kier alpha value is -2.31. The van der Waals surface area contributed by atoms with Gasteiger partial charge in [-0.15, -0.1) is 0 Å². The van der Waals surface area contributed by atoms with E-state index in [2.05, 4.69) is 0 Å². The zero-order valence-corrected chi connectivity index (χ0v) is 16.7. The average molecular weight is 443 g/mol. The van der Waals surface area contributed by atoms with Gasteiger partial charge in [-0.2, -0.15) is 13.2 Å². The zero-order valence-electron chi connectivity index (χ0n) is 15.2. The molecule has 0 spiro atoms. The van der Waals surface area contributed by atoms with E-state index in [0.29, 0.717) is 42.0 Å². The van der Waals surface area contributed by atoms with E-state index >= 15 is 0 Å². The number of allylic oxidation sites excluding steroid dienone is 2. The van der Waals surface area contributed by atoms with Crippen LogP contribution >= 0.6 is 23.2 Å². The number of alkyl halides is 3. The van der Waals surface area contributed by atoms with E-state index in [1.807, 2.05) is 0 Å². The van der Waals surface area contributed by atoms with E-state index in [1.165, 1.54) is 25.3 Å². The monoisotopic (exact) mass is 442 g/mol. The minimum Gasteiger partial charge on any atom is -0.465 e. The summed E-state index contributed by atoms with van der Waals surface area (Å²) in [5.41, 5.74) is 0.260. The topological polar surface area (TPSA) is 43.4 Å². The van der Waals surface area contributed by atoms with E-state index in [0.717, 1.165) is 12.1 Å². The summed E-state index contributed by atoms with van der Waals surface area (Å²) in [5, 5.41) is 0.0526. The summed E-state index contributed by atoms with van der Waals surface area (Å²) in [6.07, 6.45) is -2.49. The van der Waals surface area contributed by atoms with Crippen molar-refractivity contribution >= 4 is 40.5 Å². The Morgan fingerprint density at radius 2 is 1.55 bits per heavy atom. The van der Waals surface area contributed by atoms with Gasteiger partial charge in [-0.05, 0) is 72.4 Å². The summed E-state index contributed by atoms with van der Waals surface area (Å²) in [7, 11) is 1.25. The quantitative estimate of drug-likeness (QED) is 0.326. The van der Waals surface area contributed by atoms with Crippen molar-refractivity contribution in [2.45, 2.75) is 25.4 Å². The summed E-state index contributed by atoms with van der Waals surface area (Å²) in [6, 6.07) is 6.30. The third-order valence-corrected chi connectivity index (χ3v) is 5.15. The van der Waals surface area contributed by atoms with E-state index < -0.39 is 23.5 Å². The second-order valence-corrected chi connectivity index (χ2v) is 7.41. The third kappa shape index (κ3) is 4.49. The van der Waals surface area contributed by atoms with Gasteiger partial charge < -0.3 is 4.74 Å². The minimum absolute atomic E-state index is 0.0263. The number of methoxy groups -OCH3 is 1. The number of ether oxygens (including phenoxy) is 1. The van der Waals surface area contributed by atoms with Crippen LogP contribution in [0.5, 0.6) is 0 Å². The molecule has 0 aliphatic heterocycles. The molecule has 0 atom stereocenters. The van der Waals surface area contributed by atoms with Crippen LogP contribution in [0.4, 0.5) is 13.2 Å². The highest BCUT2D eigenvalue weighted by Crippen LogP contribution is 2.37. The molecular formula is C21H15Cl2F3O3. The average Bonchev–Trinajstić information content (AvgIpc) is 3.12. The van der Waals surface area contributed by atoms with Gasteiger partial charge in [0.05, 0.1) is 18.2 Å². The van der Waals surface area contributed by atoms with Crippen molar-refractivity contribution in [3.63, 3.8) is 0 Å². The first-order valence-electron chi connectivity index (χ1n) is 8.64. The van der Waals surface area contributed by atoms with Crippen molar-refractivity contribution in [3.8, 4) is 0 Å². The van der Waals surface area contributed by atoms with Gasteiger partial charge in [-0.1, -0.05) is 23.2 Å². The van der Waals surface area contributed by atoms with Crippen LogP contribution in [0.1, 0.15) is 43.8 Å². The van der Waals surface area contributed by atoms with E-state index in [1.54, 1.807) is 0 Å². The molecule has 0 radical (unpaired) electrons. The lowest BCUT2D eigenvalue weighted by molar-refractivity contribution is -0.0689. The Labute approximate surface area is 175 Å². The van der Waals surface area contributed by atoms with Gasteiger partial charge in [0.1, 0.15) is 0 Å². The molecule has 0 N–H and O–H groups in total. The largest absolute Gasteiger partial charge is 0.465 e. The maximum atomic E-state index is 13.7. The molecule has 0 saturated carbocycles. The van der Waals surface area contributed by atoms with Gasteiger partial charge in [-0.25, -0.2) is 4.79 Å². The Kier molecular flexibility index (Phi) is 6.05. The second kappa shape index (κ2) is 8.20. The highest BCUT2D eigenvalue weighted by atomic mass is 35.5. The first-order valence-corrected chi connectivity index (χ1v) is 9.40. The lowest BCUT2D eigenvalue weighted by Crippen LogP contribution is -2.14. The lowest BCUT2D eigenvalue weighted by Gasteiger charge is -2.14. The fraction of sp³-hybridized carbons (Fsp3) is 0.238. The van der Waals surface area contributed by atoms with Crippen LogP contribution < -0.4 is 0 Å². The number of fused-ring (bicyclic) bond motifs is 1. The van der Waals surface area contributed by atoms with Crippen LogP contribution in [0.3, 0.4) is 0 Å². The lowest BCUT2D eigenvalue weighted by atomic mass is 9.94. The molecule has 29 heavy (non-hydrogen) atoms. The summed E-state index contributed by atoms with van der Waals surface area (Å²) in [5.74, 6) is -1.34. The molecule has 1 aliphatic rings. The fourth-order valence-electron chi connectivity index (χ4n) is 3.49. The molecule has 3 rings (SSSR count). The van der Waals surface area contributed by atoms with Gasteiger partial charge >= 0.3 is 12.1 Å². The molecule has 0 fully saturated rings. The van der Waals surface area contributed by atoms with Gasteiger partial charge in [0.15, 0.2) is 5.78 Å². The molecular weight excluding hydrogens is 428 g/mol. The summed E-state index contributed by atoms with van der Waals surface area (Å²) in [4.78, 5) is 24.7. The molecule has 2 aromatic carbocycles.